The van der Waals surface area contributed by atoms with Crippen molar-refractivity contribution in [2.24, 2.45) is 0 Å². The predicted octanol–water partition coefficient (Wildman–Crippen LogP) is 7.37. The fourth-order valence-corrected chi connectivity index (χ4v) is 3.65. The van der Waals surface area contributed by atoms with Gasteiger partial charge in [-0.3, -0.25) is 0 Å². The van der Waals surface area contributed by atoms with E-state index < -0.39 is 0 Å². The van der Waals surface area contributed by atoms with Gasteiger partial charge >= 0.3 is 0 Å². The number of allylic oxidation sites excluding steroid dienone is 5. The lowest BCUT2D eigenvalue weighted by Crippen LogP contribution is -1.94. The monoisotopic (exact) mass is 349 g/mol. The van der Waals surface area contributed by atoms with Crippen molar-refractivity contribution in [3.8, 4) is 11.1 Å². The maximum atomic E-state index is 4.04. The number of hydrogen-bond acceptors (Lipinski definition) is 0. The first-order valence-electron chi connectivity index (χ1n) is 9.29. The number of benzene rings is 3. The predicted molar refractivity (Wildman–Crippen MR) is 119 cm³/mol. The lowest BCUT2D eigenvalue weighted by atomic mass is 10.0. The van der Waals surface area contributed by atoms with Crippen molar-refractivity contribution in [2.45, 2.75) is 13.8 Å². The van der Waals surface area contributed by atoms with Crippen molar-refractivity contribution in [3.05, 3.63) is 103 Å². The van der Waals surface area contributed by atoms with Gasteiger partial charge in [0.05, 0.1) is 11.0 Å². The zero-order valence-corrected chi connectivity index (χ0v) is 15.8. The van der Waals surface area contributed by atoms with Gasteiger partial charge in [0.25, 0.3) is 0 Å². The van der Waals surface area contributed by atoms with Crippen LogP contribution in [0, 0.1) is 6.92 Å². The number of rotatable bonds is 4. The van der Waals surface area contributed by atoms with Crippen molar-refractivity contribution in [3.63, 3.8) is 0 Å². The summed E-state index contributed by atoms with van der Waals surface area (Å²) in [5.74, 6) is 0. The van der Waals surface area contributed by atoms with E-state index in [0.29, 0.717) is 0 Å². The topological polar surface area (TPSA) is 4.93 Å². The highest BCUT2D eigenvalue weighted by molar-refractivity contribution is 6.11. The SMILES string of the molecule is C=C/C(=C\C=C/C)n1c2ccc(C)cc2c2cc(-c3ccccc3)ccc21. The Kier molecular flexibility index (Phi) is 4.52. The zero-order valence-electron chi connectivity index (χ0n) is 15.8. The van der Waals surface area contributed by atoms with Crippen LogP contribution < -0.4 is 0 Å². The van der Waals surface area contributed by atoms with Crippen LogP contribution in [0.1, 0.15) is 12.5 Å². The van der Waals surface area contributed by atoms with E-state index in [-0.39, 0.29) is 0 Å². The lowest BCUT2D eigenvalue weighted by molar-refractivity contribution is 1.24. The molecule has 0 N–H and O–H groups in total. The molecule has 1 nitrogen and oxygen atoms in total. The third-order valence-corrected chi connectivity index (χ3v) is 4.95. The van der Waals surface area contributed by atoms with Gasteiger partial charge < -0.3 is 4.57 Å². The molecule has 3 aromatic carbocycles. The molecule has 0 atom stereocenters. The van der Waals surface area contributed by atoms with Crippen LogP contribution in [0.5, 0.6) is 0 Å². The van der Waals surface area contributed by atoms with Gasteiger partial charge in [0.2, 0.25) is 0 Å². The third kappa shape index (κ3) is 3.02. The molecule has 4 aromatic rings. The summed E-state index contributed by atoms with van der Waals surface area (Å²) in [6, 6.07) is 23.9. The van der Waals surface area contributed by atoms with Gasteiger partial charge in [0.15, 0.2) is 0 Å². The molecule has 0 radical (unpaired) electrons. The highest BCUT2D eigenvalue weighted by Crippen LogP contribution is 2.35. The summed E-state index contributed by atoms with van der Waals surface area (Å²) < 4.78 is 2.30. The van der Waals surface area contributed by atoms with Crippen LogP contribution in [0.4, 0.5) is 0 Å². The molecule has 4 rings (SSSR count). The smallest absolute Gasteiger partial charge is 0.0541 e. The second-order valence-corrected chi connectivity index (χ2v) is 6.78. The first-order valence-corrected chi connectivity index (χ1v) is 9.29. The van der Waals surface area contributed by atoms with Gasteiger partial charge in [0.1, 0.15) is 0 Å². The Morgan fingerprint density at radius 3 is 2.26 bits per heavy atom. The van der Waals surface area contributed by atoms with Crippen molar-refractivity contribution in [1.29, 1.82) is 0 Å². The summed E-state index contributed by atoms with van der Waals surface area (Å²) in [7, 11) is 0. The maximum absolute atomic E-state index is 4.04. The Bertz CT molecular complexity index is 1190. The third-order valence-electron chi connectivity index (χ3n) is 4.95. The molecule has 0 amide bonds. The van der Waals surface area contributed by atoms with Gasteiger partial charge in [-0.15, -0.1) is 0 Å². The average Bonchev–Trinajstić information content (AvgIpc) is 3.02. The van der Waals surface area contributed by atoms with Crippen LogP contribution in [-0.4, -0.2) is 4.57 Å². The van der Waals surface area contributed by atoms with Gasteiger partial charge in [-0.1, -0.05) is 66.8 Å². The minimum absolute atomic E-state index is 1.07. The molecule has 1 aromatic heterocycles. The van der Waals surface area contributed by atoms with E-state index in [2.05, 4.69) is 97.0 Å². The van der Waals surface area contributed by atoms with E-state index in [1.54, 1.807) is 0 Å². The molecule has 0 bridgehead atoms. The van der Waals surface area contributed by atoms with E-state index in [1.807, 2.05) is 19.1 Å². The molecular weight excluding hydrogens is 326 g/mol. The molecule has 132 valence electrons. The molecule has 0 aliphatic rings. The van der Waals surface area contributed by atoms with Crippen molar-refractivity contribution >= 4 is 27.5 Å². The molecule has 0 aliphatic carbocycles. The molecule has 27 heavy (non-hydrogen) atoms. The Balaban J connectivity index is 2.07. The van der Waals surface area contributed by atoms with Crippen molar-refractivity contribution in [1.82, 2.24) is 4.57 Å². The van der Waals surface area contributed by atoms with Gasteiger partial charge in [-0.25, -0.2) is 0 Å². The fraction of sp³-hybridized carbons (Fsp3) is 0.0769. The van der Waals surface area contributed by atoms with Crippen LogP contribution in [0.2, 0.25) is 0 Å². The molecule has 0 fully saturated rings. The molecule has 1 heteroatoms. The Morgan fingerprint density at radius 2 is 1.56 bits per heavy atom. The second-order valence-electron chi connectivity index (χ2n) is 6.78. The van der Waals surface area contributed by atoms with E-state index in [1.165, 1.54) is 38.5 Å². The zero-order chi connectivity index (χ0) is 18.8. The molecular formula is C26H23N. The fourth-order valence-electron chi connectivity index (χ4n) is 3.65. The number of fused-ring (bicyclic) bond motifs is 3. The van der Waals surface area contributed by atoms with Gasteiger partial charge in [-0.05, 0) is 61.4 Å². The highest BCUT2D eigenvalue weighted by Gasteiger charge is 2.13. The molecule has 0 saturated carbocycles. The molecule has 0 aliphatic heterocycles. The van der Waals surface area contributed by atoms with Crippen LogP contribution in [-0.2, 0) is 0 Å². The van der Waals surface area contributed by atoms with Gasteiger partial charge in [-0.2, -0.15) is 0 Å². The van der Waals surface area contributed by atoms with Crippen molar-refractivity contribution < 1.29 is 0 Å². The molecule has 0 spiro atoms. The number of aryl methyl sites for hydroxylation is 1. The van der Waals surface area contributed by atoms with Crippen LogP contribution in [0.25, 0.3) is 38.6 Å². The largest absolute Gasteiger partial charge is 0.309 e. The molecule has 0 unspecified atom stereocenters. The summed E-state index contributed by atoms with van der Waals surface area (Å²) in [4.78, 5) is 0. The minimum atomic E-state index is 1.07. The van der Waals surface area contributed by atoms with Crippen LogP contribution >= 0.6 is 0 Å². The van der Waals surface area contributed by atoms with Gasteiger partial charge in [0, 0.05) is 16.5 Å². The molecule has 1 heterocycles. The van der Waals surface area contributed by atoms with E-state index in [4.69, 9.17) is 0 Å². The van der Waals surface area contributed by atoms with E-state index in [0.717, 1.165) is 5.70 Å². The van der Waals surface area contributed by atoms with E-state index in [9.17, 15) is 0 Å². The number of nitrogens with zero attached hydrogens (tertiary/aromatic N) is 1. The summed E-state index contributed by atoms with van der Waals surface area (Å²) in [5, 5.41) is 2.54. The summed E-state index contributed by atoms with van der Waals surface area (Å²) in [6.07, 6.45) is 8.12. The van der Waals surface area contributed by atoms with Crippen LogP contribution in [0.3, 0.4) is 0 Å². The quantitative estimate of drug-likeness (QED) is 0.339. The highest BCUT2D eigenvalue weighted by atomic mass is 15.0. The normalized spacial score (nSPS) is 12.3. The Morgan fingerprint density at radius 1 is 0.852 bits per heavy atom. The lowest BCUT2D eigenvalue weighted by Gasteiger charge is -2.09. The summed E-state index contributed by atoms with van der Waals surface area (Å²) in [5.41, 5.74) is 7.22. The Labute approximate surface area is 160 Å². The van der Waals surface area contributed by atoms with Crippen LogP contribution in [0.15, 0.2) is 97.6 Å². The standard InChI is InChI=1S/C26H23N/c1-4-6-12-22(5-2)27-25-15-13-19(3)17-23(25)24-18-21(14-16-26(24)27)20-10-8-7-9-11-20/h4-18H,2H2,1,3H3/b6-4-,22-12+. The number of aromatic nitrogens is 1. The maximum Gasteiger partial charge on any atom is 0.0541 e. The second kappa shape index (κ2) is 7.13. The van der Waals surface area contributed by atoms with Crippen molar-refractivity contribution in [2.75, 3.05) is 0 Å². The number of hydrogen-bond donors (Lipinski definition) is 0. The average molecular weight is 349 g/mol. The molecule has 0 saturated heterocycles. The summed E-state index contributed by atoms with van der Waals surface area (Å²) >= 11 is 0. The Hall–Kier alpha value is -3.32. The minimum Gasteiger partial charge on any atom is -0.309 e. The first-order chi connectivity index (χ1) is 13.2. The first kappa shape index (κ1) is 17.1. The summed E-state index contributed by atoms with van der Waals surface area (Å²) in [6.45, 7) is 8.22. The van der Waals surface area contributed by atoms with E-state index >= 15 is 0 Å².